The van der Waals surface area contributed by atoms with Crippen LogP contribution in [-0.2, 0) is 17.1 Å². The normalized spacial score (nSPS) is 1.33. The van der Waals surface area contributed by atoms with Gasteiger partial charge in [0, 0.05) is 0 Å². The van der Waals surface area contributed by atoms with Gasteiger partial charge in [-0.2, -0.15) is 0 Å². The van der Waals surface area contributed by atoms with E-state index in [0.717, 1.165) is 0 Å². The van der Waals surface area contributed by atoms with Crippen molar-refractivity contribution in [3.8, 4) is 0 Å². The molecular weight excluding hydrogens is 119 g/mol. The fraction of sp³-hybridized carbons (Fsp3) is 0. The van der Waals surface area contributed by atoms with E-state index in [0.29, 0.717) is 0 Å². The first-order valence-electron chi connectivity index (χ1n) is 0.816. The quantitative estimate of drug-likeness (QED) is 0.265. The maximum absolute atomic E-state index is 4.25. The molecule has 0 aliphatic carbocycles. The molecule has 0 amide bonds. The van der Waals surface area contributed by atoms with Crippen LogP contribution in [0.25, 0.3) is 0 Å². The maximum atomic E-state index is 4.25. The van der Waals surface area contributed by atoms with Crippen LogP contribution in [-0.4, -0.2) is 0 Å². The van der Waals surface area contributed by atoms with Crippen molar-refractivity contribution >= 4 is 0 Å². The van der Waals surface area contributed by atoms with E-state index in [1.165, 1.54) is 0 Å². The summed E-state index contributed by atoms with van der Waals surface area (Å²) in [6.07, 6.45) is 0. The maximum Gasteiger partial charge on any atom is 1.00 e. The molecule has 0 aliphatic heterocycles. The van der Waals surface area contributed by atoms with Gasteiger partial charge in [0.1, 0.15) is 0 Å². The molecule has 0 N–H and O–H groups in total. The van der Waals surface area contributed by atoms with Crippen LogP contribution in [0.3, 0.4) is 0 Å². The van der Waals surface area contributed by atoms with E-state index in [1.807, 2.05) is 0 Å². The summed E-state index contributed by atoms with van der Waals surface area (Å²) < 4.78 is 0. The summed E-state index contributed by atoms with van der Waals surface area (Å²) in [5.74, 6) is 0. The van der Waals surface area contributed by atoms with E-state index < -0.39 is 0 Å². The second-order valence-electron chi connectivity index (χ2n) is 0. The molecule has 0 bridgehead atoms. The van der Waals surface area contributed by atoms with Crippen LogP contribution in [0.4, 0.5) is 0 Å². The summed E-state index contributed by atoms with van der Waals surface area (Å²) in [6, 6.07) is 0. The van der Waals surface area contributed by atoms with Crippen LogP contribution >= 0.6 is 0 Å². The Kier molecular flexibility index (Phi) is 1700. The van der Waals surface area contributed by atoms with E-state index in [-0.39, 0.29) is 35.9 Å². The molecule has 6 heavy (non-hydrogen) atoms. The van der Waals surface area contributed by atoms with Crippen molar-refractivity contribution in [2.45, 2.75) is 0 Å². The molecule has 0 spiro atoms. The Labute approximate surface area is 62.4 Å². The number of rotatable bonds is 0. The van der Waals surface area contributed by atoms with Gasteiger partial charge in [0.2, 0.25) is 0 Å². The summed E-state index contributed by atoms with van der Waals surface area (Å²) >= 11 is 0. The van der Waals surface area contributed by atoms with Crippen LogP contribution in [0.5, 0.6) is 0 Å². The molecule has 0 unspecified atom stereocenters. The van der Waals surface area contributed by atoms with E-state index in [1.54, 1.807) is 0 Å². The standard InChI is InChI=1S/2C2H3.Cu.Li/c2*1-2;;/h2*1H,2H2;;/q2*-1;2*+1. The zero-order valence-corrected chi connectivity index (χ0v) is 4.81. The third-order valence-corrected chi connectivity index (χ3v) is 0. The predicted molar refractivity (Wildman–Crippen MR) is 19.9 cm³/mol. The Balaban J connectivity index is -0.00000000500. The first kappa shape index (κ1) is 30.6. The monoisotopic (exact) mass is 124 g/mol. The molecule has 0 aromatic carbocycles. The number of hydrogen-bond acceptors (Lipinski definition) is 0. The average molecular weight is 125 g/mol. The Morgan fingerprint density at radius 1 is 0.833 bits per heavy atom. The zero-order chi connectivity index (χ0) is 4.00. The second kappa shape index (κ2) is 332. The third-order valence-electron chi connectivity index (χ3n) is 0. The molecule has 0 aliphatic rings. The van der Waals surface area contributed by atoms with Crippen molar-refractivity contribution in [2.75, 3.05) is 0 Å². The topological polar surface area (TPSA) is 0 Å². The van der Waals surface area contributed by atoms with Gasteiger partial charge in [-0.3, -0.25) is 13.2 Å². The molecule has 0 nitrogen and oxygen atoms in total. The van der Waals surface area contributed by atoms with Gasteiger partial charge in [-0.25, -0.2) is 0 Å². The molecule has 0 saturated carbocycles. The summed E-state index contributed by atoms with van der Waals surface area (Å²) in [6.45, 7) is 14.0. The van der Waals surface area contributed by atoms with E-state index >= 15 is 0 Å². The molecule has 0 heterocycles. The summed E-state index contributed by atoms with van der Waals surface area (Å²) in [5.41, 5.74) is 0. The van der Waals surface area contributed by atoms with Crippen LogP contribution in [0.1, 0.15) is 0 Å². The smallest absolute Gasteiger partial charge is 0.521 e. The summed E-state index contributed by atoms with van der Waals surface area (Å²) in [5, 5.41) is 0. The Morgan fingerprint density at radius 3 is 0.833 bits per heavy atom. The second-order valence-corrected chi connectivity index (χ2v) is 0. The van der Waals surface area contributed by atoms with Crippen molar-refractivity contribution in [3.63, 3.8) is 0 Å². The van der Waals surface area contributed by atoms with Gasteiger partial charge < -0.3 is 13.2 Å². The summed E-state index contributed by atoms with van der Waals surface area (Å²) in [7, 11) is 0. The molecule has 34 valence electrons. The molecule has 0 saturated heterocycles. The van der Waals surface area contributed by atoms with Crippen LogP contribution < -0.4 is 18.9 Å². The third kappa shape index (κ3) is 167. The molecule has 0 radical (unpaired) electrons. The molecule has 2 heteroatoms. The van der Waals surface area contributed by atoms with Crippen LogP contribution in [0, 0.1) is 13.2 Å². The predicted octanol–water partition coefficient (Wildman–Crippen LogP) is -1.79. The van der Waals surface area contributed by atoms with Crippen molar-refractivity contribution < 1.29 is 35.9 Å². The van der Waals surface area contributed by atoms with Gasteiger partial charge >= 0.3 is 35.9 Å². The van der Waals surface area contributed by atoms with Crippen molar-refractivity contribution in [1.82, 2.24) is 0 Å². The van der Waals surface area contributed by atoms with Gasteiger partial charge in [0.15, 0.2) is 0 Å². The summed E-state index contributed by atoms with van der Waals surface area (Å²) in [4.78, 5) is 0. The molecule has 0 aromatic heterocycles. The van der Waals surface area contributed by atoms with E-state index in [9.17, 15) is 0 Å². The van der Waals surface area contributed by atoms with Crippen LogP contribution in [0.15, 0.2) is 13.2 Å². The van der Waals surface area contributed by atoms with E-state index in [2.05, 4.69) is 26.3 Å². The van der Waals surface area contributed by atoms with Gasteiger partial charge in [0.05, 0.1) is 0 Å². The minimum absolute atomic E-state index is 0. The molecule has 0 rings (SSSR count). The molecule has 0 atom stereocenters. The van der Waals surface area contributed by atoms with Gasteiger partial charge in [-0.1, -0.05) is 0 Å². The van der Waals surface area contributed by atoms with Gasteiger partial charge in [0.25, 0.3) is 0 Å². The SMILES string of the molecule is [CH-]=C.[CH-]=C.[Cu+].[Li+]. The van der Waals surface area contributed by atoms with Crippen molar-refractivity contribution in [3.05, 3.63) is 26.3 Å². The molecular formula is C4H6CuLi. The van der Waals surface area contributed by atoms with Gasteiger partial charge in [-0.05, 0) is 0 Å². The zero-order valence-electron chi connectivity index (χ0n) is 3.87. The van der Waals surface area contributed by atoms with E-state index in [4.69, 9.17) is 0 Å². The fourth-order valence-corrected chi connectivity index (χ4v) is 0. The first-order valence-corrected chi connectivity index (χ1v) is 0.816. The average Bonchev–Trinajstić information content (AvgIpc) is 1.50. The number of hydrogen-bond donors (Lipinski definition) is 0. The minimum atomic E-state index is 0. The van der Waals surface area contributed by atoms with Crippen molar-refractivity contribution in [1.29, 1.82) is 0 Å². The first-order chi connectivity index (χ1) is 2.00. The molecule has 0 aromatic rings. The Morgan fingerprint density at radius 2 is 0.833 bits per heavy atom. The minimum Gasteiger partial charge on any atom is -0.521 e. The Bertz CT molecular complexity index is 9.51. The van der Waals surface area contributed by atoms with Crippen LogP contribution in [0.2, 0.25) is 0 Å². The Hall–Kier alpha value is 0.597. The van der Waals surface area contributed by atoms with Crippen molar-refractivity contribution in [2.24, 2.45) is 0 Å². The fourth-order valence-electron chi connectivity index (χ4n) is 0. The molecule has 0 fully saturated rings. The largest absolute Gasteiger partial charge is 1.00 e. The van der Waals surface area contributed by atoms with Gasteiger partial charge in [-0.15, -0.1) is 0 Å².